The standard InChI is InChI=1S/C15H13NO4.C15H10O7/c1-10(17)16-11-6-8-12(9-7-11)20-15(19)13-4-2-3-5-14(13)18;16-7-4-10(19)12-11(5-7)22-15(14(21)13(12)20)6-1-2-8(17)9(18)3-6/h2-9,18H,1H3,(H,16,17);1-5,16-19,21H. The van der Waals surface area contributed by atoms with Gasteiger partial charge in [-0.1, -0.05) is 12.1 Å². The number of rotatable bonds is 4. The van der Waals surface area contributed by atoms with Crippen LogP contribution in [0.4, 0.5) is 5.69 Å². The van der Waals surface area contributed by atoms with Gasteiger partial charge in [-0.3, -0.25) is 9.59 Å². The maximum atomic E-state index is 12.1. The van der Waals surface area contributed by atoms with E-state index >= 15 is 0 Å². The minimum atomic E-state index is -0.888. The second-order valence-electron chi connectivity index (χ2n) is 8.76. The summed E-state index contributed by atoms with van der Waals surface area (Å²) >= 11 is 0. The first kappa shape index (κ1) is 28.8. The second-order valence-corrected chi connectivity index (χ2v) is 8.76. The lowest BCUT2D eigenvalue weighted by Crippen LogP contribution is -2.09. The molecule has 0 aliphatic carbocycles. The highest BCUT2D eigenvalue weighted by atomic mass is 16.5. The fourth-order valence-corrected chi connectivity index (χ4v) is 3.75. The molecule has 0 saturated heterocycles. The van der Waals surface area contributed by atoms with E-state index in [4.69, 9.17) is 9.15 Å². The molecule has 7 N–H and O–H groups in total. The number of carbonyl (C=O) groups excluding carboxylic acids is 2. The van der Waals surface area contributed by atoms with E-state index in [1.165, 1.54) is 25.1 Å². The topological polar surface area (TPSA) is 207 Å². The highest BCUT2D eigenvalue weighted by Gasteiger charge is 2.19. The molecule has 0 aliphatic heterocycles. The van der Waals surface area contributed by atoms with Gasteiger partial charge in [0.2, 0.25) is 17.1 Å². The Balaban J connectivity index is 0.000000194. The number of phenolic OH excluding ortho intramolecular Hbond substituents is 5. The SMILES string of the molecule is CC(=O)Nc1ccc(OC(=O)c2ccccc2O)cc1.O=c1c(O)c(-c2ccc(O)c(O)c2)oc2cc(O)cc(O)c12. The number of phenols is 5. The van der Waals surface area contributed by atoms with Gasteiger partial charge in [-0.25, -0.2) is 4.79 Å². The number of aromatic hydroxyl groups is 6. The summed E-state index contributed by atoms with van der Waals surface area (Å²) in [7, 11) is 0. The van der Waals surface area contributed by atoms with Crippen LogP contribution in [0, 0.1) is 0 Å². The van der Waals surface area contributed by atoms with Crippen LogP contribution in [0.25, 0.3) is 22.3 Å². The van der Waals surface area contributed by atoms with E-state index in [0.29, 0.717) is 11.4 Å². The largest absolute Gasteiger partial charge is 0.508 e. The number of amides is 1. The molecule has 0 radical (unpaired) electrons. The summed E-state index contributed by atoms with van der Waals surface area (Å²) in [5, 5.41) is 59.8. The van der Waals surface area contributed by atoms with Crippen LogP contribution in [0.3, 0.4) is 0 Å². The molecule has 214 valence electrons. The average molecular weight is 574 g/mol. The molecule has 0 aliphatic rings. The third-order valence-corrected chi connectivity index (χ3v) is 5.68. The van der Waals surface area contributed by atoms with Crippen molar-refractivity contribution in [1.29, 1.82) is 0 Å². The Hall–Kier alpha value is -6.17. The molecule has 0 fully saturated rings. The summed E-state index contributed by atoms with van der Waals surface area (Å²) < 4.78 is 10.5. The van der Waals surface area contributed by atoms with Crippen molar-refractivity contribution in [2.75, 3.05) is 5.32 Å². The molecule has 42 heavy (non-hydrogen) atoms. The van der Waals surface area contributed by atoms with Crippen LogP contribution in [0.5, 0.6) is 40.2 Å². The second kappa shape index (κ2) is 11.9. The fraction of sp³-hybridized carbons (Fsp3) is 0.0333. The number of anilines is 1. The van der Waals surface area contributed by atoms with E-state index in [2.05, 4.69) is 5.32 Å². The Morgan fingerprint density at radius 1 is 0.762 bits per heavy atom. The number of hydrogen-bond acceptors (Lipinski definition) is 11. The van der Waals surface area contributed by atoms with Crippen LogP contribution in [0.1, 0.15) is 17.3 Å². The van der Waals surface area contributed by atoms with Crippen molar-refractivity contribution >= 4 is 28.5 Å². The predicted molar refractivity (Wildman–Crippen MR) is 150 cm³/mol. The minimum absolute atomic E-state index is 0.0958. The number of para-hydroxylation sites is 1. The molecular formula is C30H23NO11. The lowest BCUT2D eigenvalue weighted by molar-refractivity contribution is -0.114. The van der Waals surface area contributed by atoms with Crippen LogP contribution < -0.4 is 15.5 Å². The van der Waals surface area contributed by atoms with E-state index in [0.717, 1.165) is 24.3 Å². The third kappa shape index (κ3) is 6.34. The van der Waals surface area contributed by atoms with Crippen LogP contribution in [0.15, 0.2) is 88.1 Å². The first-order valence-electron chi connectivity index (χ1n) is 12.1. The summed E-state index contributed by atoms with van der Waals surface area (Å²) in [5.74, 6) is -3.34. The van der Waals surface area contributed by atoms with Gasteiger partial charge in [-0.2, -0.15) is 0 Å². The van der Waals surface area contributed by atoms with Gasteiger partial charge in [0, 0.05) is 30.3 Å². The molecule has 5 aromatic rings. The first-order chi connectivity index (χ1) is 19.9. The number of hydrogen-bond donors (Lipinski definition) is 7. The van der Waals surface area contributed by atoms with Crippen molar-refractivity contribution in [2.24, 2.45) is 0 Å². The maximum Gasteiger partial charge on any atom is 0.347 e. The molecule has 0 saturated carbocycles. The summed E-state index contributed by atoms with van der Waals surface area (Å²) in [6, 6.07) is 18.1. The lowest BCUT2D eigenvalue weighted by atomic mass is 10.1. The molecule has 12 heteroatoms. The predicted octanol–water partition coefficient (Wildman–Crippen LogP) is 4.56. The van der Waals surface area contributed by atoms with Crippen molar-refractivity contribution in [2.45, 2.75) is 6.92 Å². The number of fused-ring (bicyclic) bond motifs is 1. The smallest absolute Gasteiger partial charge is 0.347 e. The van der Waals surface area contributed by atoms with E-state index in [1.54, 1.807) is 36.4 Å². The van der Waals surface area contributed by atoms with Gasteiger partial charge in [0.05, 0.1) is 0 Å². The minimum Gasteiger partial charge on any atom is -0.508 e. The van der Waals surface area contributed by atoms with Crippen LogP contribution in [0.2, 0.25) is 0 Å². The molecule has 1 heterocycles. The Bertz CT molecular complexity index is 1860. The quantitative estimate of drug-likeness (QED) is 0.0901. The van der Waals surface area contributed by atoms with Crippen LogP contribution in [-0.2, 0) is 4.79 Å². The van der Waals surface area contributed by atoms with Gasteiger partial charge >= 0.3 is 5.97 Å². The zero-order valence-electron chi connectivity index (χ0n) is 21.7. The van der Waals surface area contributed by atoms with Crippen molar-refractivity contribution in [3.05, 3.63) is 94.6 Å². The molecule has 0 unspecified atom stereocenters. The van der Waals surface area contributed by atoms with E-state index in [1.807, 2.05) is 0 Å². The van der Waals surface area contributed by atoms with Gasteiger partial charge in [0.25, 0.3) is 0 Å². The Morgan fingerprint density at radius 2 is 1.45 bits per heavy atom. The summed E-state index contributed by atoms with van der Waals surface area (Å²) in [6.45, 7) is 1.41. The molecule has 4 aromatic carbocycles. The Labute approximate surface area is 236 Å². The monoisotopic (exact) mass is 573 g/mol. The first-order valence-corrected chi connectivity index (χ1v) is 12.1. The van der Waals surface area contributed by atoms with Crippen molar-refractivity contribution in [3.63, 3.8) is 0 Å². The molecule has 5 rings (SSSR count). The highest BCUT2D eigenvalue weighted by Crippen LogP contribution is 2.37. The van der Waals surface area contributed by atoms with Crippen LogP contribution >= 0.6 is 0 Å². The van der Waals surface area contributed by atoms with Crippen molar-refractivity contribution < 1.29 is 49.4 Å². The lowest BCUT2D eigenvalue weighted by Gasteiger charge is -2.08. The number of carbonyl (C=O) groups is 2. The number of esters is 1. The maximum absolute atomic E-state index is 12.1. The normalized spacial score (nSPS) is 10.4. The molecule has 0 spiro atoms. The fourth-order valence-electron chi connectivity index (χ4n) is 3.75. The summed E-state index contributed by atoms with van der Waals surface area (Å²) in [5.41, 5.74) is -0.183. The number of benzene rings is 4. The van der Waals surface area contributed by atoms with Gasteiger partial charge in [0.15, 0.2) is 17.3 Å². The molecular weight excluding hydrogens is 550 g/mol. The molecule has 0 atom stereocenters. The molecule has 1 aromatic heterocycles. The van der Waals surface area contributed by atoms with Gasteiger partial charge in [-0.05, 0) is 54.6 Å². The number of nitrogens with one attached hydrogen (secondary N) is 1. The zero-order valence-corrected chi connectivity index (χ0v) is 21.7. The summed E-state index contributed by atoms with van der Waals surface area (Å²) in [4.78, 5) is 34.9. The van der Waals surface area contributed by atoms with Crippen molar-refractivity contribution in [1.82, 2.24) is 0 Å². The summed E-state index contributed by atoms with van der Waals surface area (Å²) in [6.07, 6.45) is 0. The van der Waals surface area contributed by atoms with Gasteiger partial charge in [-0.15, -0.1) is 0 Å². The Morgan fingerprint density at radius 3 is 2.10 bits per heavy atom. The van der Waals surface area contributed by atoms with E-state index in [-0.39, 0.29) is 51.0 Å². The highest BCUT2D eigenvalue weighted by molar-refractivity contribution is 5.94. The molecule has 1 amide bonds. The Kier molecular flexibility index (Phi) is 8.18. The molecule has 0 bridgehead atoms. The van der Waals surface area contributed by atoms with Crippen LogP contribution in [-0.4, -0.2) is 42.5 Å². The number of ether oxygens (including phenoxy) is 1. The zero-order chi connectivity index (χ0) is 30.6. The van der Waals surface area contributed by atoms with E-state index in [9.17, 15) is 45.0 Å². The molecule has 12 nitrogen and oxygen atoms in total. The van der Waals surface area contributed by atoms with Gasteiger partial charge in [0.1, 0.15) is 39.5 Å². The third-order valence-electron chi connectivity index (χ3n) is 5.68. The van der Waals surface area contributed by atoms with Gasteiger partial charge < -0.3 is 45.1 Å². The van der Waals surface area contributed by atoms with E-state index < -0.39 is 28.6 Å². The van der Waals surface area contributed by atoms with Crippen molar-refractivity contribution in [3.8, 4) is 51.6 Å². The average Bonchev–Trinajstić information content (AvgIpc) is 2.93.